The van der Waals surface area contributed by atoms with Crippen LogP contribution in [-0.2, 0) is 19.4 Å². The van der Waals surface area contributed by atoms with Crippen molar-refractivity contribution in [2.45, 2.75) is 38.6 Å². The third-order valence-electron chi connectivity index (χ3n) is 8.00. The highest BCUT2D eigenvalue weighted by Crippen LogP contribution is 2.40. The molecule has 5 nitrogen and oxygen atoms in total. The Morgan fingerprint density at radius 2 is 1.72 bits per heavy atom. The van der Waals surface area contributed by atoms with E-state index in [9.17, 15) is 5.11 Å². The van der Waals surface area contributed by atoms with Gasteiger partial charge in [-0.25, -0.2) is 0 Å². The number of hydrogen-bond donors (Lipinski definition) is 1. The van der Waals surface area contributed by atoms with E-state index in [0.717, 1.165) is 64.3 Å². The van der Waals surface area contributed by atoms with E-state index >= 15 is 0 Å². The highest BCUT2D eigenvalue weighted by Gasteiger charge is 2.25. The first kappa shape index (κ1) is 24.5. The lowest BCUT2D eigenvalue weighted by molar-refractivity contribution is 0.313. The summed E-state index contributed by atoms with van der Waals surface area (Å²) in [7, 11) is 3.94. The van der Waals surface area contributed by atoms with Crippen LogP contribution in [0.5, 0.6) is 11.5 Å². The van der Waals surface area contributed by atoms with Gasteiger partial charge in [-0.05, 0) is 91.7 Å². The Kier molecular flexibility index (Phi) is 7.38. The quantitative estimate of drug-likeness (QED) is 0.482. The summed E-state index contributed by atoms with van der Waals surface area (Å²) in [5.41, 5.74) is 7.96. The maximum Gasteiger partial charge on any atom is 0.120 e. The van der Waals surface area contributed by atoms with E-state index in [2.05, 4.69) is 77.2 Å². The molecule has 3 aromatic rings. The van der Waals surface area contributed by atoms with Crippen LogP contribution in [0.3, 0.4) is 0 Å². The topological polar surface area (TPSA) is 39.2 Å². The van der Waals surface area contributed by atoms with E-state index in [1.807, 2.05) is 12.1 Å². The van der Waals surface area contributed by atoms with Gasteiger partial charge < -0.3 is 24.5 Å². The maximum absolute atomic E-state index is 9.89. The highest BCUT2D eigenvalue weighted by atomic mass is 16.5. The lowest BCUT2D eigenvalue weighted by atomic mass is 9.79. The zero-order valence-corrected chi connectivity index (χ0v) is 21.9. The first-order chi connectivity index (χ1) is 17.5. The van der Waals surface area contributed by atoms with Crippen LogP contribution in [-0.4, -0.2) is 56.9 Å². The molecule has 2 aliphatic rings. The van der Waals surface area contributed by atoms with Gasteiger partial charge in [0.1, 0.15) is 11.5 Å². The van der Waals surface area contributed by atoms with Gasteiger partial charge in [-0.1, -0.05) is 24.3 Å². The summed E-state index contributed by atoms with van der Waals surface area (Å²) in [5.74, 6) is 1.73. The Balaban J connectivity index is 1.37. The zero-order chi connectivity index (χ0) is 25.1. The molecule has 1 N–H and O–H groups in total. The molecule has 1 aliphatic heterocycles. The summed E-state index contributed by atoms with van der Waals surface area (Å²) < 4.78 is 5.64. The molecule has 0 saturated carbocycles. The fourth-order valence-electron chi connectivity index (χ4n) is 5.74. The molecule has 1 heterocycles. The molecule has 0 radical (unpaired) electrons. The van der Waals surface area contributed by atoms with Crippen molar-refractivity contribution < 1.29 is 9.84 Å². The van der Waals surface area contributed by atoms with Gasteiger partial charge in [0.25, 0.3) is 0 Å². The Hall–Kier alpha value is -3.18. The van der Waals surface area contributed by atoms with Gasteiger partial charge in [-0.15, -0.1) is 0 Å². The minimum absolute atomic E-state index is 0.369. The maximum atomic E-state index is 9.89. The lowest BCUT2D eigenvalue weighted by Gasteiger charge is -2.34. The Morgan fingerprint density at radius 1 is 0.944 bits per heavy atom. The first-order valence-corrected chi connectivity index (χ1v) is 13.3. The van der Waals surface area contributed by atoms with Crippen LogP contribution in [0.1, 0.15) is 41.5 Å². The molecule has 3 aromatic carbocycles. The number of ether oxygens (including phenoxy) is 1. The number of aryl methyl sites for hydroxylation is 1. The second kappa shape index (κ2) is 10.8. The number of methoxy groups -OCH3 is 1. The molecular formula is C31H39N3O2. The van der Waals surface area contributed by atoms with Gasteiger partial charge in [0.15, 0.2) is 0 Å². The second-order valence-electron chi connectivity index (χ2n) is 10.3. The van der Waals surface area contributed by atoms with Crippen molar-refractivity contribution in [3.05, 3.63) is 82.9 Å². The Bertz CT molecular complexity index is 1170. The number of phenolic OH excluding ortho intramolecular Hbond substituents is 1. The van der Waals surface area contributed by atoms with Gasteiger partial charge >= 0.3 is 0 Å². The van der Waals surface area contributed by atoms with Gasteiger partial charge in [0, 0.05) is 56.7 Å². The zero-order valence-electron chi connectivity index (χ0n) is 21.9. The molecule has 1 atom stereocenters. The number of likely N-dealkylation sites (N-methyl/N-ethyl adjacent to an activating group) is 1. The van der Waals surface area contributed by atoms with Crippen LogP contribution in [0.15, 0.2) is 60.7 Å². The number of aromatic hydroxyl groups is 1. The van der Waals surface area contributed by atoms with Crippen LogP contribution in [0.2, 0.25) is 0 Å². The van der Waals surface area contributed by atoms with Gasteiger partial charge in [0.05, 0.1) is 7.11 Å². The van der Waals surface area contributed by atoms with Crippen molar-refractivity contribution in [2.75, 3.05) is 56.7 Å². The molecule has 1 saturated heterocycles. The molecule has 0 amide bonds. The summed E-state index contributed by atoms with van der Waals surface area (Å²) in [6.07, 6.45) is 3.10. The van der Waals surface area contributed by atoms with E-state index < -0.39 is 0 Å². The second-order valence-corrected chi connectivity index (χ2v) is 10.3. The minimum atomic E-state index is 0.369. The first-order valence-electron chi connectivity index (χ1n) is 13.3. The number of nitrogens with zero attached hydrogens (tertiary/aromatic N) is 3. The Labute approximate surface area is 215 Å². The van der Waals surface area contributed by atoms with Gasteiger partial charge in [-0.2, -0.15) is 0 Å². The average molecular weight is 486 g/mol. The highest BCUT2D eigenvalue weighted by molar-refractivity contribution is 5.60. The number of benzene rings is 3. The number of anilines is 2. The van der Waals surface area contributed by atoms with Gasteiger partial charge in [-0.3, -0.25) is 0 Å². The van der Waals surface area contributed by atoms with E-state index in [1.165, 1.54) is 33.6 Å². The standard InChI is InChI=1S/C31H39N3O2/c1-4-33(22-23-5-10-27(11-6-23)34-17-15-32(2)16-18-34)31-21-29(36-3)13-14-30(31)26-8-7-25-20-28(35)12-9-24(25)19-26/h5-6,9-14,20-21,26,35H,4,7-8,15-19,22H2,1-3H3/t26-/m1/s1. The van der Waals surface area contributed by atoms with Crippen LogP contribution in [0, 0.1) is 0 Å². The van der Waals surface area contributed by atoms with Crippen molar-refractivity contribution in [2.24, 2.45) is 0 Å². The fourth-order valence-corrected chi connectivity index (χ4v) is 5.74. The van der Waals surface area contributed by atoms with Gasteiger partial charge in [0.2, 0.25) is 0 Å². The van der Waals surface area contributed by atoms with E-state index in [-0.39, 0.29) is 0 Å². The van der Waals surface area contributed by atoms with Crippen LogP contribution in [0.4, 0.5) is 11.4 Å². The number of fused-ring (bicyclic) bond motifs is 1. The molecule has 5 heteroatoms. The summed E-state index contributed by atoms with van der Waals surface area (Å²) in [6, 6.07) is 21.6. The van der Waals surface area contributed by atoms with Crippen LogP contribution < -0.4 is 14.5 Å². The molecule has 0 aromatic heterocycles. The minimum Gasteiger partial charge on any atom is -0.508 e. The average Bonchev–Trinajstić information content (AvgIpc) is 2.92. The molecule has 5 rings (SSSR count). The van der Waals surface area contributed by atoms with E-state index in [1.54, 1.807) is 7.11 Å². The molecule has 0 spiro atoms. The van der Waals surface area contributed by atoms with Crippen molar-refractivity contribution in [1.82, 2.24) is 4.90 Å². The van der Waals surface area contributed by atoms with Crippen molar-refractivity contribution >= 4 is 11.4 Å². The molecule has 1 aliphatic carbocycles. The van der Waals surface area contributed by atoms with Crippen molar-refractivity contribution in [3.63, 3.8) is 0 Å². The fraction of sp³-hybridized carbons (Fsp3) is 0.419. The third kappa shape index (κ3) is 5.31. The number of rotatable bonds is 7. The van der Waals surface area contributed by atoms with Crippen molar-refractivity contribution in [3.8, 4) is 11.5 Å². The van der Waals surface area contributed by atoms with Crippen LogP contribution in [0.25, 0.3) is 0 Å². The molecule has 1 fully saturated rings. The molecule has 36 heavy (non-hydrogen) atoms. The lowest BCUT2D eigenvalue weighted by Crippen LogP contribution is -2.44. The van der Waals surface area contributed by atoms with E-state index in [0.29, 0.717) is 11.7 Å². The third-order valence-corrected chi connectivity index (χ3v) is 8.00. The predicted octanol–water partition coefficient (Wildman–Crippen LogP) is 5.45. The molecule has 190 valence electrons. The normalized spacial score (nSPS) is 18.1. The monoisotopic (exact) mass is 485 g/mol. The van der Waals surface area contributed by atoms with Crippen LogP contribution >= 0.6 is 0 Å². The molecule has 0 unspecified atom stereocenters. The summed E-state index contributed by atoms with van der Waals surface area (Å²) in [6.45, 7) is 8.46. The molecule has 0 bridgehead atoms. The predicted molar refractivity (Wildman–Crippen MR) is 149 cm³/mol. The number of phenols is 1. The SMILES string of the molecule is CCN(Cc1ccc(N2CCN(C)CC2)cc1)c1cc(OC)ccc1[C@@H]1CCc2cc(O)ccc2C1. The molecular weight excluding hydrogens is 446 g/mol. The number of hydrogen-bond acceptors (Lipinski definition) is 5. The summed E-state index contributed by atoms with van der Waals surface area (Å²) >= 11 is 0. The smallest absolute Gasteiger partial charge is 0.120 e. The Morgan fingerprint density at radius 3 is 2.44 bits per heavy atom. The summed E-state index contributed by atoms with van der Waals surface area (Å²) in [4.78, 5) is 7.36. The summed E-state index contributed by atoms with van der Waals surface area (Å²) in [5, 5.41) is 9.89. The van der Waals surface area contributed by atoms with Crippen molar-refractivity contribution in [1.29, 1.82) is 0 Å². The number of piperazine rings is 1. The largest absolute Gasteiger partial charge is 0.508 e. The van der Waals surface area contributed by atoms with E-state index in [4.69, 9.17) is 4.74 Å².